The number of ether oxygens (including phenoxy) is 1. The summed E-state index contributed by atoms with van der Waals surface area (Å²) in [5, 5.41) is 3.00. The first kappa shape index (κ1) is 16.4. The van der Waals surface area contributed by atoms with Crippen LogP contribution in [-0.4, -0.2) is 31.7 Å². The third-order valence-corrected chi connectivity index (χ3v) is 2.72. The fourth-order valence-electron chi connectivity index (χ4n) is 1.67. The first-order valence-electron chi connectivity index (χ1n) is 6.82. The van der Waals surface area contributed by atoms with Crippen LogP contribution in [0, 0.1) is 0 Å². The minimum absolute atomic E-state index is 0.338. The average Bonchev–Trinajstić information content (AvgIpc) is 2.31. The summed E-state index contributed by atoms with van der Waals surface area (Å²) in [6, 6.07) is -0.347. The van der Waals surface area contributed by atoms with Gasteiger partial charge in [-0.05, 0) is 13.0 Å². The van der Waals surface area contributed by atoms with Crippen LogP contribution in [0.25, 0.3) is 0 Å². The van der Waals surface area contributed by atoms with Crippen molar-refractivity contribution in [1.29, 1.82) is 0 Å². The topological polar surface area (TPSA) is 64.3 Å². The van der Waals surface area contributed by atoms with E-state index in [1.54, 1.807) is 0 Å². The fourth-order valence-corrected chi connectivity index (χ4v) is 1.67. The maximum absolute atomic E-state index is 11.0. The molecule has 1 atom stereocenters. The molecule has 0 aliphatic rings. The quantitative estimate of drug-likeness (QED) is 0.515. The third kappa shape index (κ3) is 10.3. The van der Waals surface area contributed by atoms with Crippen LogP contribution in [0.15, 0.2) is 0 Å². The maximum Gasteiger partial charge on any atom is 0.236 e. The second-order valence-electron chi connectivity index (χ2n) is 4.36. The van der Waals surface area contributed by atoms with Gasteiger partial charge in [0.05, 0.1) is 6.61 Å². The predicted molar refractivity (Wildman–Crippen MR) is 70.9 cm³/mol. The maximum atomic E-state index is 11.0. The molecular weight excluding hydrogens is 216 g/mol. The number of nitrogens with one attached hydrogen (secondary N) is 1. The standard InChI is InChI=1S/C13H28N2O2/c1-3-5-6-7-8-9-10-17-11-12(13(14)16)15-4-2/h12,15H,3-11H2,1-2H3,(H2,14,16). The number of likely N-dealkylation sites (N-methyl/N-ethyl adjacent to an activating group) is 1. The molecule has 4 nitrogen and oxygen atoms in total. The molecule has 0 aromatic heterocycles. The van der Waals surface area contributed by atoms with Gasteiger partial charge in [0.2, 0.25) is 5.91 Å². The Labute approximate surface area is 105 Å². The van der Waals surface area contributed by atoms with Gasteiger partial charge in [-0.2, -0.15) is 0 Å². The van der Waals surface area contributed by atoms with Gasteiger partial charge in [-0.15, -0.1) is 0 Å². The SMILES string of the molecule is CCCCCCCCOCC(NCC)C(N)=O. The van der Waals surface area contributed by atoms with E-state index in [9.17, 15) is 4.79 Å². The van der Waals surface area contributed by atoms with E-state index in [0.717, 1.165) is 19.6 Å². The zero-order chi connectivity index (χ0) is 12.9. The number of amides is 1. The molecule has 0 rings (SSSR count). The predicted octanol–water partition coefficient (Wildman–Crippen LogP) is 1.83. The molecule has 102 valence electrons. The van der Waals surface area contributed by atoms with Gasteiger partial charge in [-0.25, -0.2) is 0 Å². The smallest absolute Gasteiger partial charge is 0.236 e. The second-order valence-corrected chi connectivity index (χ2v) is 4.36. The van der Waals surface area contributed by atoms with E-state index >= 15 is 0 Å². The van der Waals surface area contributed by atoms with Gasteiger partial charge in [0.1, 0.15) is 6.04 Å². The highest BCUT2D eigenvalue weighted by atomic mass is 16.5. The summed E-state index contributed by atoms with van der Waals surface area (Å²) in [5.74, 6) is -0.338. The van der Waals surface area contributed by atoms with Crippen molar-refractivity contribution in [3.63, 3.8) is 0 Å². The van der Waals surface area contributed by atoms with E-state index in [1.165, 1.54) is 32.1 Å². The number of rotatable bonds is 12. The van der Waals surface area contributed by atoms with Crippen LogP contribution in [0.3, 0.4) is 0 Å². The number of carbonyl (C=O) groups excluding carboxylic acids is 1. The van der Waals surface area contributed by atoms with Crippen LogP contribution in [-0.2, 0) is 9.53 Å². The summed E-state index contributed by atoms with van der Waals surface area (Å²) in [5.41, 5.74) is 5.24. The zero-order valence-corrected chi connectivity index (χ0v) is 11.3. The Morgan fingerprint density at radius 3 is 2.41 bits per heavy atom. The van der Waals surface area contributed by atoms with Crippen LogP contribution in [0.1, 0.15) is 52.4 Å². The van der Waals surface area contributed by atoms with E-state index in [-0.39, 0.29) is 11.9 Å². The number of unbranched alkanes of at least 4 members (excludes halogenated alkanes) is 5. The molecule has 4 heteroatoms. The number of primary amides is 1. The molecule has 0 aromatic carbocycles. The Morgan fingerprint density at radius 1 is 1.18 bits per heavy atom. The Bertz CT molecular complexity index is 186. The summed E-state index contributed by atoms with van der Waals surface area (Å²) in [4.78, 5) is 11.0. The van der Waals surface area contributed by atoms with Crippen LogP contribution in [0.4, 0.5) is 0 Å². The molecule has 0 aliphatic heterocycles. The number of hydrogen-bond acceptors (Lipinski definition) is 3. The molecule has 0 saturated heterocycles. The molecule has 0 saturated carbocycles. The van der Waals surface area contributed by atoms with Gasteiger partial charge in [0, 0.05) is 6.61 Å². The minimum atomic E-state index is -0.347. The molecule has 0 fully saturated rings. The average molecular weight is 244 g/mol. The van der Waals surface area contributed by atoms with Crippen LogP contribution in [0.5, 0.6) is 0 Å². The molecular formula is C13H28N2O2. The lowest BCUT2D eigenvalue weighted by Crippen LogP contribution is -2.44. The minimum Gasteiger partial charge on any atom is -0.379 e. The molecule has 0 aliphatic carbocycles. The highest BCUT2D eigenvalue weighted by Gasteiger charge is 2.12. The van der Waals surface area contributed by atoms with Crippen molar-refractivity contribution in [3.8, 4) is 0 Å². The molecule has 1 amide bonds. The van der Waals surface area contributed by atoms with E-state index in [4.69, 9.17) is 10.5 Å². The third-order valence-electron chi connectivity index (χ3n) is 2.72. The summed E-state index contributed by atoms with van der Waals surface area (Å²) >= 11 is 0. The Hall–Kier alpha value is -0.610. The summed E-state index contributed by atoms with van der Waals surface area (Å²) in [7, 11) is 0. The summed E-state index contributed by atoms with van der Waals surface area (Å²) < 4.78 is 5.45. The van der Waals surface area contributed by atoms with Crippen LogP contribution in [0.2, 0.25) is 0 Å². The first-order valence-corrected chi connectivity index (χ1v) is 6.82. The van der Waals surface area contributed by atoms with Crippen molar-refractivity contribution in [2.45, 2.75) is 58.4 Å². The Kier molecular flexibility index (Phi) is 11.4. The molecule has 1 unspecified atom stereocenters. The fraction of sp³-hybridized carbons (Fsp3) is 0.923. The molecule has 0 bridgehead atoms. The molecule has 0 aromatic rings. The van der Waals surface area contributed by atoms with E-state index < -0.39 is 0 Å². The number of carbonyl (C=O) groups is 1. The lowest BCUT2D eigenvalue weighted by atomic mass is 10.1. The first-order chi connectivity index (χ1) is 8.22. The highest BCUT2D eigenvalue weighted by molar-refractivity contribution is 5.79. The Balaban J connectivity index is 3.33. The summed E-state index contributed by atoms with van der Waals surface area (Å²) in [6.07, 6.45) is 7.48. The monoisotopic (exact) mass is 244 g/mol. The van der Waals surface area contributed by atoms with Crippen molar-refractivity contribution >= 4 is 5.91 Å². The second kappa shape index (κ2) is 11.9. The Morgan fingerprint density at radius 2 is 1.82 bits per heavy atom. The van der Waals surface area contributed by atoms with E-state index in [2.05, 4.69) is 12.2 Å². The lowest BCUT2D eigenvalue weighted by Gasteiger charge is -2.14. The normalized spacial score (nSPS) is 12.6. The van der Waals surface area contributed by atoms with Gasteiger partial charge in [0.25, 0.3) is 0 Å². The van der Waals surface area contributed by atoms with Gasteiger partial charge < -0.3 is 15.8 Å². The van der Waals surface area contributed by atoms with Gasteiger partial charge in [-0.3, -0.25) is 4.79 Å². The van der Waals surface area contributed by atoms with E-state index in [1.807, 2.05) is 6.92 Å². The summed E-state index contributed by atoms with van der Waals surface area (Å²) in [6.45, 7) is 6.00. The molecule has 17 heavy (non-hydrogen) atoms. The van der Waals surface area contributed by atoms with Crippen LogP contribution < -0.4 is 11.1 Å². The van der Waals surface area contributed by atoms with Crippen molar-refractivity contribution in [2.75, 3.05) is 19.8 Å². The molecule has 0 radical (unpaired) electrons. The van der Waals surface area contributed by atoms with Gasteiger partial charge >= 0.3 is 0 Å². The molecule has 0 spiro atoms. The van der Waals surface area contributed by atoms with Gasteiger partial charge in [-0.1, -0.05) is 46.0 Å². The van der Waals surface area contributed by atoms with Crippen molar-refractivity contribution in [3.05, 3.63) is 0 Å². The van der Waals surface area contributed by atoms with Crippen LogP contribution >= 0.6 is 0 Å². The molecule has 0 heterocycles. The van der Waals surface area contributed by atoms with Crippen molar-refractivity contribution in [1.82, 2.24) is 5.32 Å². The largest absolute Gasteiger partial charge is 0.379 e. The van der Waals surface area contributed by atoms with E-state index in [0.29, 0.717) is 6.61 Å². The van der Waals surface area contributed by atoms with Crippen molar-refractivity contribution < 1.29 is 9.53 Å². The zero-order valence-electron chi connectivity index (χ0n) is 11.3. The number of hydrogen-bond donors (Lipinski definition) is 2. The molecule has 3 N–H and O–H groups in total. The lowest BCUT2D eigenvalue weighted by molar-refractivity contribution is -0.121. The highest BCUT2D eigenvalue weighted by Crippen LogP contribution is 2.04. The number of nitrogens with two attached hydrogens (primary N) is 1. The van der Waals surface area contributed by atoms with Gasteiger partial charge in [0.15, 0.2) is 0 Å². The van der Waals surface area contributed by atoms with Crippen molar-refractivity contribution in [2.24, 2.45) is 5.73 Å².